The largest absolute Gasteiger partial charge is 0.306 e. The predicted octanol–water partition coefficient (Wildman–Crippen LogP) is 0.810. The van der Waals surface area contributed by atoms with Gasteiger partial charge in [-0.25, -0.2) is 0 Å². The first kappa shape index (κ1) is 10.0. The Kier molecular flexibility index (Phi) is 2.53. The smallest absolute Gasteiger partial charge is 0.177 e. The number of fused-ring (bicyclic) bond motifs is 1. The van der Waals surface area contributed by atoms with Crippen molar-refractivity contribution in [2.45, 2.75) is 13.0 Å². The molecule has 1 aliphatic heterocycles. The summed E-state index contributed by atoms with van der Waals surface area (Å²) in [7, 11) is 0. The molecule has 3 rings (SSSR count). The summed E-state index contributed by atoms with van der Waals surface area (Å²) in [5, 5.41) is 16.3. The van der Waals surface area contributed by atoms with Crippen molar-refractivity contribution in [1.82, 2.24) is 25.1 Å². The van der Waals surface area contributed by atoms with Gasteiger partial charge in [0, 0.05) is 18.1 Å². The Morgan fingerprint density at radius 3 is 3.19 bits per heavy atom. The Morgan fingerprint density at radius 2 is 2.38 bits per heavy atom. The molecular weight excluding hydrogens is 222 g/mol. The lowest BCUT2D eigenvalue weighted by molar-refractivity contribution is 0.548. The first-order valence-electron chi connectivity index (χ1n) is 5.35. The van der Waals surface area contributed by atoms with Crippen LogP contribution in [0.25, 0.3) is 5.65 Å². The summed E-state index contributed by atoms with van der Waals surface area (Å²) in [6.45, 7) is 3.00. The molecule has 2 aromatic rings. The molecule has 0 bridgehead atoms. The van der Waals surface area contributed by atoms with E-state index < -0.39 is 0 Å². The Labute approximate surface area is 97.6 Å². The zero-order chi connectivity index (χ0) is 11.0. The summed E-state index contributed by atoms with van der Waals surface area (Å²) in [5.74, 6) is 3.13. The minimum absolute atomic E-state index is 0.267. The van der Waals surface area contributed by atoms with Gasteiger partial charge in [-0.3, -0.25) is 0 Å². The number of aromatic nitrogens is 4. The molecule has 16 heavy (non-hydrogen) atoms. The minimum atomic E-state index is 0.267. The third-order valence-corrected chi connectivity index (χ3v) is 3.72. The average Bonchev–Trinajstić information content (AvgIpc) is 2.73. The van der Waals surface area contributed by atoms with E-state index in [1.165, 1.54) is 5.75 Å². The molecule has 1 atom stereocenters. The van der Waals surface area contributed by atoms with Gasteiger partial charge in [0.2, 0.25) is 0 Å². The Bertz CT molecular complexity index is 503. The van der Waals surface area contributed by atoms with E-state index in [4.69, 9.17) is 0 Å². The molecule has 0 amide bonds. The van der Waals surface area contributed by atoms with Crippen molar-refractivity contribution in [3.8, 4) is 0 Å². The quantitative estimate of drug-likeness (QED) is 0.792. The van der Waals surface area contributed by atoms with Crippen LogP contribution in [0.4, 0.5) is 0 Å². The minimum Gasteiger partial charge on any atom is -0.306 e. The van der Waals surface area contributed by atoms with Gasteiger partial charge in [0.05, 0.1) is 11.7 Å². The second-order valence-electron chi connectivity index (χ2n) is 3.88. The summed E-state index contributed by atoms with van der Waals surface area (Å²) >= 11 is 1.94. The van der Waals surface area contributed by atoms with Crippen molar-refractivity contribution in [2.24, 2.45) is 0 Å². The normalized spacial score (nSPS) is 21.4. The van der Waals surface area contributed by atoms with E-state index in [-0.39, 0.29) is 6.04 Å². The number of aryl methyl sites for hydroxylation is 1. The lowest BCUT2D eigenvalue weighted by Crippen LogP contribution is -2.31. The highest BCUT2D eigenvalue weighted by Gasteiger charge is 2.21. The van der Waals surface area contributed by atoms with Crippen LogP contribution < -0.4 is 5.32 Å². The molecule has 0 aliphatic carbocycles. The number of nitrogens with one attached hydrogen (secondary N) is 1. The van der Waals surface area contributed by atoms with Crippen molar-refractivity contribution >= 4 is 17.4 Å². The van der Waals surface area contributed by atoms with Gasteiger partial charge in [-0.05, 0) is 19.1 Å². The number of rotatable bonds is 1. The van der Waals surface area contributed by atoms with Crippen LogP contribution in [0.5, 0.6) is 0 Å². The van der Waals surface area contributed by atoms with E-state index in [2.05, 4.69) is 20.6 Å². The topological polar surface area (TPSA) is 55.1 Å². The molecule has 1 N–H and O–H groups in total. The van der Waals surface area contributed by atoms with Crippen molar-refractivity contribution in [3.63, 3.8) is 0 Å². The molecule has 1 aliphatic rings. The SMILES string of the molecule is Cc1ccc2nnc(C3CSCCN3)n2n1. The van der Waals surface area contributed by atoms with E-state index in [9.17, 15) is 0 Å². The van der Waals surface area contributed by atoms with Crippen LogP contribution >= 0.6 is 11.8 Å². The summed E-state index contributed by atoms with van der Waals surface area (Å²) < 4.78 is 1.85. The van der Waals surface area contributed by atoms with Gasteiger partial charge < -0.3 is 5.32 Å². The Hall–Kier alpha value is -1.14. The number of thioether (sulfide) groups is 1. The van der Waals surface area contributed by atoms with Crippen LogP contribution in [0.3, 0.4) is 0 Å². The monoisotopic (exact) mass is 235 g/mol. The fourth-order valence-electron chi connectivity index (χ4n) is 1.85. The maximum atomic E-state index is 4.45. The molecule has 0 aromatic carbocycles. The molecule has 3 heterocycles. The van der Waals surface area contributed by atoms with Crippen molar-refractivity contribution in [2.75, 3.05) is 18.1 Å². The van der Waals surface area contributed by atoms with Gasteiger partial charge in [0.25, 0.3) is 0 Å². The third kappa shape index (κ3) is 1.68. The fraction of sp³-hybridized carbons (Fsp3) is 0.500. The Morgan fingerprint density at radius 1 is 1.44 bits per heavy atom. The van der Waals surface area contributed by atoms with Crippen molar-refractivity contribution in [3.05, 3.63) is 23.7 Å². The summed E-state index contributed by atoms with van der Waals surface area (Å²) in [6, 6.07) is 4.18. The maximum Gasteiger partial charge on any atom is 0.177 e. The third-order valence-electron chi connectivity index (χ3n) is 2.65. The molecule has 2 aromatic heterocycles. The molecule has 1 unspecified atom stereocenters. The molecule has 0 spiro atoms. The van der Waals surface area contributed by atoms with Crippen LogP contribution in [0.2, 0.25) is 0 Å². The molecule has 1 fully saturated rings. The van der Waals surface area contributed by atoms with E-state index in [1.807, 2.05) is 35.3 Å². The van der Waals surface area contributed by atoms with E-state index in [0.29, 0.717) is 0 Å². The molecular formula is C10H13N5S. The molecule has 1 saturated heterocycles. The van der Waals surface area contributed by atoms with E-state index in [1.54, 1.807) is 0 Å². The zero-order valence-corrected chi connectivity index (χ0v) is 9.87. The number of hydrogen-bond acceptors (Lipinski definition) is 5. The standard InChI is InChI=1S/C10H13N5S/c1-7-2-3-9-12-13-10(15(9)14-7)8-6-16-5-4-11-8/h2-3,8,11H,4-6H2,1H3. The highest BCUT2D eigenvalue weighted by atomic mass is 32.2. The second-order valence-corrected chi connectivity index (χ2v) is 5.03. The Balaban J connectivity index is 2.05. The van der Waals surface area contributed by atoms with Gasteiger partial charge in [0.15, 0.2) is 11.5 Å². The number of hydrogen-bond donors (Lipinski definition) is 1. The lowest BCUT2D eigenvalue weighted by Gasteiger charge is -2.21. The summed E-state index contributed by atoms with van der Waals surface area (Å²) in [4.78, 5) is 0. The maximum absolute atomic E-state index is 4.45. The molecule has 6 heteroatoms. The van der Waals surface area contributed by atoms with E-state index in [0.717, 1.165) is 29.5 Å². The fourth-order valence-corrected chi connectivity index (χ4v) is 2.78. The molecule has 84 valence electrons. The predicted molar refractivity (Wildman–Crippen MR) is 63.6 cm³/mol. The van der Waals surface area contributed by atoms with Crippen molar-refractivity contribution in [1.29, 1.82) is 0 Å². The van der Waals surface area contributed by atoms with E-state index >= 15 is 0 Å². The summed E-state index contributed by atoms with van der Waals surface area (Å²) in [6.07, 6.45) is 0. The molecule has 0 radical (unpaired) electrons. The highest BCUT2D eigenvalue weighted by Crippen LogP contribution is 2.20. The zero-order valence-electron chi connectivity index (χ0n) is 9.05. The molecule has 0 saturated carbocycles. The van der Waals surface area contributed by atoms with Crippen LogP contribution in [0.15, 0.2) is 12.1 Å². The van der Waals surface area contributed by atoms with Crippen LogP contribution in [-0.4, -0.2) is 37.9 Å². The summed E-state index contributed by atoms with van der Waals surface area (Å²) in [5.41, 5.74) is 1.80. The average molecular weight is 235 g/mol. The first-order chi connectivity index (χ1) is 7.84. The number of nitrogens with zero attached hydrogens (tertiary/aromatic N) is 4. The van der Waals surface area contributed by atoms with Gasteiger partial charge >= 0.3 is 0 Å². The van der Waals surface area contributed by atoms with Gasteiger partial charge in [-0.2, -0.15) is 21.4 Å². The van der Waals surface area contributed by atoms with Crippen LogP contribution in [-0.2, 0) is 0 Å². The molecule has 5 nitrogen and oxygen atoms in total. The highest BCUT2D eigenvalue weighted by molar-refractivity contribution is 7.99. The second kappa shape index (κ2) is 4.03. The van der Waals surface area contributed by atoms with Crippen LogP contribution in [0.1, 0.15) is 17.6 Å². The van der Waals surface area contributed by atoms with Gasteiger partial charge in [-0.15, -0.1) is 10.2 Å². The first-order valence-corrected chi connectivity index (χ1v) is 6.50. The van der Waals surface area contributed by atoms with Crippen molar-refractivity contribution < 1.29 is 0 Å². The van der Waals surface area contributed by atoms with Crippen LogP contribution in [0, 0.1) is 6.92 Å². The lowest BCUT2D eigenvalue weighted by atomic mass is 10.3. The van der Waals surface area contributed by atoms with Gasteiger partial charge in [-0.1, -0.05) is 0 Å². The van der Waals surface area contributed by atoms with Gasteiger partial charge in [0.1, 0.15) is 0 Å².